The molecule has 2 amide bonds. The summed E-state index contributed by atoms with van der Waals surface area (Å²) in [4.78, 5) is 29.3. The van der Waals surface area contributed by atoms with Crippen molar-refractivity contribution in [1.29, 1.82) is 0 Å². The van der Waals surface area contributed by atoms with Gasteiger partial charge in [0.25, 0.3) is 0 Å². The molecule has 0 radical (unpaired) electrons. The highest BCUT2D eigenvalue weighted by molar-refractivity contribution is 5.87. The maximum atomic E-state index is 12.9. The summed E-state index contributed by atoms with van der Waals surface area (Å²) in [5.74, 6) is 0.461. The van der Waals surface area contributed by atoms with Gasteiger partial charge < -0.3 is 9.64 Å². The summed E-state index contributed by atoms with van der Waals surface area (Å²) >= 11 is 0. The summed E-state index contributed by atoms with van der Waals surface area (Å²) in [5, 5.41) is 0. The summed E-state index contributed by atoms with van der Waals surface area (Å²) in [6.07, 6.45) is 6.00. The summed E-state index contributed by atoms with van der Waals surface area (Å²) < 4.78 is 5.59. The Morgan fingerprint density at radius 2 is 1.59 bits per heavy atom. The lowest BCUT2D eigenvalue weighted by atomic mass is 9.74. The molecule has 1 saturated carbocycles. The van der Waals surface area contributed by atoms with E-state index < -0.39 is 5.60 Å². The van der Waals surface area contributed by atoms with E-state index in [1.807, 2.05) is 25.7 Å². The zero-order valence-corrected chi connectivity index (χ0v) is 14.0. The van der Waals surface area contributed by atoms with Crippen LogP contribution in [0, 0.1) is 5.92 Å². The van der Waals surface area contributed by atoms with Crippen molar-refractivity contribution in [1.82, 2.24) is 9.80 Å². The first-order chi connectivity index (χ1) is 10.4. The monoisotopic (exact) mass is 308 g/mol. The molecule has 1 atom stereocenters. The van der Waals surface area contributed by atoms with E-state index in [0.717, 1.165) is 51.6 Å². The number of amides is 2. The van der Waals surface area contributed by atoms with Gasteiger partial charge in [-0.3, -0.25) is 9.69 Å². The van der Waals surface area contributed by atoms with E-state index >= 15 is 0 Å². The highest BCUT2D eigenvalue weighted by Gasteiger charge is 2.50. The number of piperidine rings is 2. The molecule has 0 aromatic rings. The third-order valence-electron chi connectivity index (χ3n) is 5.16. The van der Waals surface area contributed by atoms with E-state index in [9.17, 15) is 9.59 Å². The maximum Gasteiger partial charge on any atom is 0.411 e. The van der Waals surface area contributed by atoms with Crippen molar-refractivity contribution in [3.05, 3.63) is 0 Å². The van der Waals surface area contributed by atoms with Crippen molar-refractivity contribution in [2.24, 2.45) is 5.92 Å². The highest BCUT2D eigenvalue weighted by atomic mass is 16.6. The van der Waals surface area contributed by atoms with Crippen LogP contribution in [0.15, 0.2) is 0 Å². The van der Waals surface area contributed by atoms with Crippen LogP contribution in [0.3, 0.4) is 0 Å². The van der Waals surface area contributed by atoms with Crippen LogP contribution in [0.2, 0.25) is 0 Å². The molecule has 0 N–H and O–H groups in total. The number of carbonyl (C=O) groups is 2. The normalized spacial score (nSPS) is 31.5. The Bertz CT molecular complexity index is 443. The number of fused-ring (bicyclic) bond motifs is 3. The minimum atomic E-state index is -0.519. The molecule has 5 heteroatoms. The van der Waals surface area contributed by atoms with Gasteiger partial charge in [-0.05, 0) is 65.2 Å². The van der Waals surface area contributed by atoms with Crippen molar-refractivity contribution in [2.75, 3.05) is 13.1 Å². The van der Waals surface area contributed by atoms with Crippen molar-refractivity contribution in [3.8, 4) is 0 Å². The van der Waals surface area contributed by atoms with Gasteiger partial charge in [-0.1, -0.05) is 0 Å². The van der Waals surface area contributed by atoms with Gasteiger partial charge >= 0.3 is 6.09 Å². The van der Waals surface area contributed by atoms with Gasteiger partial charge in [-0.25, -0.2) is 4.79 Å². The lowest BCUT2D eigenvalue weighted by molar-refractivity contribution is -0.144. The molecule has 0 unspecified atom stereocenters. The first kappa shape index (κ1) is 15.6. The second kappa shape index (κ2) is 5.74. The molecule has 5 nitrogen and oxygen atoms in total. The third-order valence-corrected chi connectivity index (χ3v) is 5.16. The number of hydrogen-bond donors (Lipinski definition) is 0. The van der Waals surface area contributed by atoms with Crippen LogP contribution in [-0.4, -0.2) is 52.6 Å². The molecule has 124 valence electrons. The van der Waals surface area contributed by atoms with Gasteiger partial charge in [0.15, 0.2) is 0 Å². The quantitative estimate of drug-likeness (QED) is 0.748. The second-order valence-corrected chi connectivity index (χ2v) is 7.93. The third kappa shape index (κ3) is 2.95. The van der Waals surface area contributed by atoms with Gasteiger partial charge in [0, 0.05) is 19.1 Å². The molecule has 3 heterocycles. The average molecular weight is 308 g/mol. The number of nitrogens with zero attached hydrogens (tertiary/aromatic N) is 2. The summed E-state index contributed by atoms with van der Waals surface area (Å²) in [5.41, 5.74) is -0.519. The van der Waals surface area contributed by atoms with Crippen LogP contribution >= 0.6 is 0 Å². The molecular formula is C17H28N2O3. The fraction of sp³-hybridized carbons (Fsp3) is 0.882. The van der Waals surface area contributed by atoms with Gasteiger partial charge in [-0.15, -0.1) is 0 Å². The fourth-order valence-corrected chi connectivity index (χ4v) is 4.17. The Labute approximate surface area is 133 Å². The number of ether oxygens (including phenoxy) is 1. The van der Waals surface area contributed by atoms with E-state index in [1.54, 1.807) is 4.90 Å². The van der Waals surface area contributed by atoms with Gasteiger partial charge in [0.1, 0.15) is 11.6 Å². The van der Waals surface area contributed by atoms with E-state index in [-0.39, 0.29) is 24.1 Å². The van der Waals surface area contributed by atoms with Crippen LogP contribution in [-0.2, 0) is 9.53 Å². The van der Waals surface area contributed by atoms with Gasteiger partial charge in [-0.2, -0.15) is 0 Å². The number of rotatable bonds is 1. The Hall–Kier alpha value is -1.26. The van der Waals surface area contributed by atoms with Crippen LogP contribution in [0.5, 0.6) is 0 Å². The van der Waals surface area contributed by atoms with Gasteiger partial charge in [0.2, 0.25) is 5.91 Å². The smallest absolute Gasteiger partial charge is 0.411 e. The molecule has 4 rings (SSSR count). The van der Waals surface area contributed by atoms with Crippen LogP contribution in [0.4, 0.5) is 4.79 Å². The molecule has 2 bridgehead atoms. The number of carbonyl (C=O) groups excluding carboxylic acids is 2. The van der Waals surface area contributed by atoms with Crippen molar-refractivity contribution < 1.29 is 14.3 Å². The van der Waals surface area contributed by atoms with Crippen molar-refractivity contribution in [2.45, 2.75) is 77.0 Å². The molecule has 3 saturated heterocycles. The summed E-state index contributed by atoms with van der Waals surface area (Å²) in [6, 6.07) is -0.114. The predicted molar refractivity (Wildman–Crippen MR) is 83.4 cm³/mol. The second-order valence-electron chi connectivity index (χ2n) is 7.93. The van der Waals surface area contributed by atoms with Crippen LogP contribution in [0.25, 0.3) is 0 Å². The zero-order chi connectivity index (χ0) is 15.9. The largest absolute Gasteiger partial charge is 0.444 e. The van der Waals surface area contributed by atoms with E-state index in [4.69, 9.17) is 4.74 Å². The molecule has 0 spiro atoms. The summed E-state index contributed by atoms with van der Waals surface area (Å²) in [6.45, 7) is 7.32. The predicted octanol–water partition coefficient (Wildman–Crippen LogP) is 2.79. The van der Waals surface area contributed by atoms with Gasteiger partial charge in [0.05, 0.1) is 0 Å². The van der Waals surface area contributed by atoms with Crippen molar-refractivity contribution in [3.63, 3.8) is 0 Å². The molecule has 3 aliphatic heterocycles. The lowest BCUT2D eigenvalue weighted by Gasteiger charge is -2.51. The Balaban J connectivity index is 1.80. The number of hydrogen-bond acceptors (Lipinski definition) is 3. The molecule has 1 aliphatic carbocycles. The topological polar surface area (TPSA) is 49.9 Å². The highest BCUT2D eigenvalue weighted by Crippen LogP contribution is 2.41. The minimum absolute atomic E-state index is 0.151. The zero-order valence-electron chi connectivity index (χ0n) is 14.0. The van der Waals surface area contributed by atoms with E-state index in [2.05, 4.69) is 0 Å². The van der Waals surface area contributed by atoms with Crippen LogP contribution in [0.1, 0.15) is 59.3 Å². The SMILES string of the molecule is CC(C)(C)OC(=O)N1C2CCC(CC2)[C@@H]1C(=O)N1CCCC1. The Kier molecular flexibility index (Phi) is 4.08. The Morgan fingerprint density at radius 3 is 2.14 bits per heavy atom. The maximum absolute atomic E-state index is 12.9. The van der Waals surface area contributed by atoms with E-state index in [0.29, 0.717) is 5.92 Å². The van der Waals surface area contributed by atoms with E-state index in [1.165, 1.54) is 0 Å². The van der Waals surface area contributed by atoms with Crippen molar-refractivity contribution >= 4 is 12.0 Å². The molecule has 0 aromatic carbocycles. The van der Waals surface area contributed by atoms with Crippen LogP contribution < -0.4 is 0 Å². The first-order valence-electron chi connectivity index (χ1n) is 8.67. The Morgan fingerprint density at radius 1 is 1.00 bits per heavy atom. The summed E-state index contributed by atoms with van der Waals surface area (Å²) in [7, 11) is 0. The molecule has 4 aliphatic rings. The standard InChI is InChI=1S/C17H28N2O3/c1-17(2,3)22-16(21)19-13-8-6-12(7-9-13)14(19)15(20)18-10-4-5-11-18/h12-14H,4-11H2,1-3H3/t12?,13?,14-/m1/s1. The molecular weight excluding hydrogens is 280 g/mol. The fourth-order valence-electron chi connectivity index (χ4n) is 4.17. The lowest BCUT2D eigenvalue weighted by Crippen LogP contribution is -2.63. The molecule has 22 heavy (non-hydrogen) atoms. The number of likely N-dealkylation sites (tertiary alicyclic amines) is 1. The first-order valence-corrected chi connectivity index (χ1v) is 8.67. The molecule has 0 aromatic heterocycles. The minimum Gasteiger partial charge on any atom is -0.444 e. The molecule has 4 fully saturated rings. The average Bonchev–Trinajstić information content (AvgIpc) is 2.99.